The molecule has 5 rings (SSSR count). The lowest BCUT2D eigenvalue weighted by molar-refractivity contribution is -0.162. The lowest BCUT2D eigenvalue weighted by atomic mass is 9.67. The molecule has 0 bridgehead atoms. The molecule has 1 saturated heterocycles. The number of rotatable bonds is 5. The number of carbonyl (C=O) groups is 2. The van der Waals surface area contributed by atoms with Crippen LogP contribution in [0.3, 0.4) is 0 Å². The number of ether oxygens (including phenoxy) is 2. The number of hydrogen-bond acceptors (Lipinski definition) is 5. The zero-order valence-electron chi connectivity index (χ0n) is 19.1. The fourth-order valence-corrected chi connectivity index (χ4v) is 5.84. The van der Waals surface area contributed by atoms with Crippen LogP contribution in [0.2, 0.25) is 0 Å². The van der Waals surface area contributed by atoms with E-state index in [2.05, 4.69) is 28.1 Å². The van der Waals surface area contributed by atoms with E-state index in [1.807, 2.05) is 50.2 Å². The van der Waals surface area contributed by atoms with E-state index in [9.17, 15) is 9.59 Å². The Morgan fingerprint density at radius 1 is 0.970 bits per heavy atom. The molecule has 2 aliphatic heterocycles. The molecule has 3 aromatic rings. The van der Waals surface area contributed by atoms with Gasteiger partial charge in [-0.1, -0.05) is 48.5 Å². The van der Waals surface area contributed by atoms with Gasteiger partial charge >= 0.3 is 11.9 Å². The number of nitrogens with zero attached hydrogens (tertiary/aromatic N) is 1. The Labute approximate surface area is 193 Å². The van der Waals surface area contributed by atoms with Gasteiger partial charge in [0, 0.05) is 35.6 Å². The third kappa shape index (κ3) is 3.72. The predicted molar refractivity (Wildman–Crippen MR) is 126 cm³/mol. The van der Waals surface area contributed by atoms with Crippen molar-refractivity contribution >= 4 is 22.8 Å². The fraction of sp³-hybridized carbons (Fsp3) is 0.407. The van der Waals surface area contributed by atoms with Crippen LogP contribution < -0.4 is 0 Å². The van der Waals surface area contributed by atoms with E-state index in [-0.39, 0.29) is 23.9 Å². The van der Waals surface area contributed by atoms with E-state index in [4.69, 9.17) is 9.47 Å². The van der Waals surface area contributed by atoms with Crippen LogP contribution in [0.15, 0.2) is 54.6 Å². The van der Waals surface area contributed by atoms with E-state index in [1.165, 1.54) is 10.9 Å². The summed E-state index contributed by atoms with van der Waals surface area (Å²) < 4.78 is 11.1. The van der Waals surface area contributed by atoms with Crippen LogP contribution in [0, 0.1) is 11.8 Å². The van der Waals surface area contributed by atoms with Gasteiger partial charge in [0.15, 0.2) is 0 Å². The van der Waals surface area contributed by atoms with Gasteiger partial charge in [-0.3, -0.25) is 14.5 Å². The molecule has 2 aromatic carbocycles. The first-order valence-corrected chi connectivity index (χ1v) is 11.9. The molecule has 0 unspecified atom stereocenters. The number of para-hydroxylation sites is 1. The highest BCUT2D eigenvalue weighted by atomic mass is 16.5. The van der Waals surface area contributed by atoms with Crippen molar-refractivity contribution in [2.24, 2.45) is 11.8 Å². The van der Waals surface area contributed by atoms with Crippen LogP contribution in [0.25, 0.3) is 10.9 Å². The van der Waals surface area contributed by atoms with Gasteiger partial charge in [0.25, 0.3) is 0 Å². The first-order valence-electron chi connectivity index (χ1n) is 11.9. The first-order chi connectivity index (χ1) is 16.1. The number of aromatic nitrogens is 1. The number of aromatic amines is 1. The fourth-order valence-electron chi connectivity index (χ4n) is 5.84. The standard InChI is InChI=1S/C27H30N2O4/c1-3-32-26(30)20-16-29-15-14-19-18-12-8-9-13-21(18)28-24(19)25(29)23(27(31)33-4-2)22(20)17-10-6-5-7-11-17/h5-13,20,22-23,25,28H,3-4,14-16H2,1-2H3/t20-,22+,23+,25+/m0/s1. The van der Waals surface area contributed by atoms with Gasteiger partial charge in [0.2, 0.25) is 0 Å². The van der Waals surface area contributed by atoms with Crippen molar-refractivity contribution in [1.29, 1.82) is 0 Å². The van der Waals surface area contributed by atoms with Crippen LogP contribution in [0.4, 0.5) is 0 Å². The third-order valence-corrected chi connectivity index (χ3v) is 7.11. The molecule has 6 heteroatoms. The number of fused-ring (bicyclic) bond motifs is 5. The Balaban J connectivity index is 1.68. The molecule has 0 spiro atoms. The average Bonchev–Trinajstić information content (AvgIpc) is 3.22. The Kier molecular flexibility index (Phi) is 5.94. The topological polar surface area (TPSA) is 71.6 Å². The monoisotopic (exact) mass is 446 g/mol. The summed E-state index contributed by atoms with van der Waals surface area (Å²) in [5.74, 6) is -1.81. The van der Waals surface area contributed by atoms with Crippen molar-refractivity contribution in [1.82, 2.24) is 9.88 Å². The summed E-state index contributed by atoms with van der Waals surface area (Å²) in [5.41, 5.74) is 4.39. The zero-order valence-corrected chi connectivity index (χ0v) is 19.1. The summed E-state index contributed by atoms with van der Waals surface area (Å²) in [6.45, 7) is 5.60. The van der Waals surface area contributed by atoms with Gasteiger partial charge in [-0.15, -0.1) is 0 Å². The largest absolute Gasteiger partial charge is 0.466 e. The summed E-state index contributed by atoms with van der Waals surface area (Å²) in [7, 11) is 0. The number of piperidine rings is 1. The van der Waals surface area contributed by atoms with Gasteiger partial charge in [-0.05, 0) is 37.5 Å². The maximum absolute atomic E-state index is 13.6. The van der Waals surface area contributed by atoms with Crippen molar-refractivity contribution in [2.45, 2.75) is 32.2 Å². The van der Waals surface area contributed by atoms with Crippen molar-refractivity contribution in [3.63, 3.8) is 0 Å². The number of benzene rings is 2. The van der Waals surface area contributed by atoms with E-state index in [0.717, 1.165) is 29.7 Å². The minimum absolute atomic E-state index is 0.184. The number of H-pyrrole nitrogens is 1. The number of carbonyl (C=O) groups excluding carboxylic acids is 2. The van der Waals surface area contributed by atoms with E-state index >= 15 is 0 Å². The normalized spacial score (nSPS) is 24.7. The highest BCUT2D eigenvalue weighted by molar-refractivity contribution is 5.86. The van der Waals surface area contributed by atoms with Crippen molar-refractivity contribution in [2.75, 3.05) is 26.3 Å². The lowest BCUT2D eigenvalue weighted by Crippen LogP contribution is -2.54. The molecular formula is C27H30N2O4. The molecule has 33 heavy (non-hydrogen) atoms. The van der Waals surface area contributed by atoms with E-state index in [1.54, 1.807) is 0 Å². The van der Waals surface area contributed by atoms with Crippen LogP contribution in [0.5, 0.6) is 0 Å². The van der Waals surface area contributed by atoms with Gasteiger partial charge in [-0.25, -0.2) is 0 Å². The summed E-state index contributed by atoms with van der Waals surface area (Å²) >= 11 is 0. The second-order valence-corrected chi connectivity index (χ2v) is 8.83. The molecule has 0 radical (unpaired) electrons. The van der Waals surface area contributed by atoms with E-state index in [0.29, 0.717) is 19.8 Å². The van der Waals surface area contributed by atoms with Gasteiger partial charge in [-0.2, -0.15) is 0 Å². The molecule has 2 aliphatic rings. The Morgan fingerprint density at radius 3 is 2.42 bits per heavy atom. The Hall–Kier alpha value is -3.12. The molecule has 1 aromatic heterocycles. The second kappa shape index (κ2) is 9.02. The summed E-state index contributed by atoms with van der Waals surface area (Å²) in [6.07, 6.45) is 0.872. The molecule has 6 nitrogen and oxygen atoms in total. The molecule has 0 amide bonds. The number of esters is 2. The molecule has 4 atom stereocenters. The Bertz CT molecular complexity index is 1160. The number of nitrogens with one attached hydrogen (secondary N) is 1. The molecule has 3 heterocycles. The summed E-state index contributed by atoms with van der Waals surface area (Å²) in [4.78, 5) is 32.6. The molecule has 0 aliphatic carbocycles. The molecular weight excluding hydrogens is 416 g/mol. The number of hydrogen-bond donors (Lipinski definition) is 1. The maximum atomic E-state index is 13.6. The molecule has 1 N–H and O–H groups in total. The minimum atomic E-state index is -0.525. The molecule has 0 saturated carbocycles. The van der Waals surface area contributed by atoms with Gasteiger partial charge in [0.1, 0.15) is 0 Å². The highest BCUT2D eigenvalue weighted by Crippen LogP contribution is 2.51. The average molecular weight is 447 g/mol. The van der Waals surface area contributed by atoms with Crippen molar-refractivity contribution in [3.8, 4) is 0 Å². The SMILES string of the molecule is CCOC(=O)[C@@H]1[C@H](c2ccccc2)[C@@H](C(=O)OCC)CN2CCc3c([nH]c4ccccc34)[C@@H]12. The lowest BCUT2D eigenvalue weighted by Gasteiger charge is -2.49. The maximum Gasteiger partial charge on any atom is 0.311 e. The van der Waals surface area contributed by atoms with Crippen molar-refractivity contribution in [3.05, 3.63) is 71.4 Å². The zero-order chi connectivity index (χ0) is 22.9. The van der Waals surface area contributed by atoms with Gasteiger partial charge < -0.3 is 14.5 Å². The van der Waals surface area contributed by atoms with E-state index < -0.39 is 11.8 Å². The van der Waals surface area contributed by atoms with Gasteiger partial charge in [0.05, 0.1) is 31.1 Å². The van der Waals surface area contributed by atoms with Crippen molar-refractivity contribution < 1.29 is 19.1 Å². The smallest absolute Gasteiger partial charge is 0.311 e. The highest BCUT2D eigenvalue weighted by Gasteiger charge is 2.53. The second-order valence-electron chi connectivity index (χ2n) is 8.83. The first kappa shape index (κ1) is 21.7. The minimum Gasteiger partial charge on any atom is -0.466 e. The van der Waals surface area contributed by atoms with Crippen LogP contribution in [-0.2, 0) is 25.5 Å². The molecule has 172 valence electrons. The summed E-state index contributed by atoms with van der Waals surface area (Å²) in [6, 6.07) is 18.0. The van der Waals surface area contributed by atoms with Crippen LogP contribution >= 0.6 is 0 Å². The van der Waals surface area contributed by atoms with Crippen LogP contribution in [0.1, 0.15) is 42.6 Å². The Morgan fingerprint density at radius 2 is 1.67 bits per heavy atom. The predicted octanol–water partition coefficient (Wildman–Crippen LogP) is 4.22. The summed E-state index contributed by atoms with van der Waals surface area (Å²) in [5, 5.41) is 1.21. The van der Waals surface area contributed by atoms with Crippen LogP contribution in [-0.4, -0.2) is 48.1 Å². The quantitative estimate of drug-likeness (QED) is 0.594. The third-order valence-electron chi connectivity index (χ3n) is 7.11. The molecule has 1 fully saturated rings.